The van der Waals surface area contributed by atoms with Crippen LogP contribution in [0.4, 0.5) is 10.5 Å². The SMILES string of the molecule is Cc1ccc(NC(=O)NCCn2cccc2)cc1OC1CCOC1. The van der Waals surface area contributed by atoms with Crippen LogP contribution in [0.25, 0.3) is 0 Å². The molecule has 1 atom stereocenters. The minimum atomic E-state index is -0.221. The monoisotopic (exact) mass is 329 g/mol. The number of amides is 2. The molecule has 1 aliphatic heterocycles. The van der Waals surface area contributed by atoms with Crippen LogP contribution in [0, 0.1) is 6.92 Å². The molecule has 0 spiro atoms. The quantitative estimate of drug-likeness (QED) is 0.856. The maximum atomic E-state index is 12.0. The van der Waals surface area contributed by atoms with Crippen LogP contribution >= 0.6 is 0 Å². The molecule has 0 bridgehead atoms. The van der Waals surface area contributed by atoms with E-state index in [0.29, 0.717) is 18.8 Å². The van der Waals surface area contributed by atoms with Crippen molar-refractivity contribution in [3.63, 3.8) is 0 Å². The zero-order valence-corrected chi connectivity index (χ0v) is 13.8. The fourth-order valence-electron chi connectivity index (χ4n) is 2.58. The summed E-state index contributed by atoms with van der Waals surface area (Å²) in [6, 6.07) is 9.38. The number of hydrogen-bond donors (Lipinski definition) is 2. The third kappa shape index (κ3) is 4.52. The number of nitrogens with one attached hydrogen (secondary N) is 2. The molecule has 2 amide bonds. The normalized spacial score (nSPS) is 16.8. The van der Waals surface area contributed by atoms with Gasteiger partial charge in [0.1, 0.15) is 11.9 Å². The number of aryl methyl sites for hydroxylation is 1. The highest BCUT2D eigenvalue weighted by Gasteiger charge is 2.18. The first-order chi connectivity index (χ1) is 11.7. The lowest BCUT2D eigenvalue weighted by atomic mass is 10.2. The van der Waals surface area contributed by atoms with Crippen LogP contribution in [-0.2, 0) is 11.3 Å². The highest BCUT2D eigenvalue weighted by atomic mass is 16.5. The van der Waals surface area contributed by atoms with Crippen molar-refractivity contribution in [3.8, 4) is 5.75 Å². The van der Waals surface area contributed by atoms with Crippen LogP contribution in [0.15, 0.2) is 42.7 Å². The molecular weight excluding hydrogens is 306 g/mol. The second-order valence-electron chi connectivity index (χ2n) is 5.89. The summed E-state index contributed by atoms with van der Waals surface area (Å²) in [5, 5.41) is 5.69. The van der Waals surface area contributed by atoms with Gasteiger partial charge in [-0.1, -0.05) is 6.07 Å². The molecule has 1 fully saturated rings. The summed E-state index contributed by atoms with van der Waals surface area (Å²) in [6.07, 6.45) is 4.93. The minimum absolute atomic E-state index is 0.0920. The first-order valence-corrected chi connectivity index (χ1v) is 8.21. The number of urea groups is 1. The second kappa shape index (κ2) is 7.88. The topological polar surface area (TPSA) is 64.5 Å². The highest BCUT2D eigenvalue weighted by molar-refractivity contribution is 5.89. The molecule has 6 nitrogen and oxygen atoms in total. The largest absolute Gasteiger partial charge is 0.488 e. The van der Waals surface area contributed by atoms with Gasteiger partial charge in [-0.25, -0.2) is 4.79 Å². The average Bonchev–Trinajstić information content (AvgIpc) is 3.24. The lowest BCUT2D eigenvalue weighted by Gasteiger charge is -2.15. The Kier molecular flexibility index (Phi) is 5.38. The second-order valence-corrected chi connectivity index (χ2v) is 5.89. The Bertz CT molecular complexity index is 664. The lowest BCUT2D eigenvalue weighted by molar-refractivity contribution is 0.141. The van der Waals surface area contributed by atoms with E-state index < -0.39 is 0 Å². The van der Waals surface area contributed by atoms with Crippen LogP contribution in [0.2, 0.25) is 0 Å². The molecule has 1 aromatic heterocycles. The van der Waals surface area contributed by atoms with Gasteiger partial charge in [0.2, 0.25) is 0 Å². The number of ether oxygens (including phenoxy) is 2. The van der Waals surface area contributed by atoms with Gasteiger partial charge in [-0.05, 0) is 30.7 Å². The zero-order valence-electron chi connectivity index (χ0n) is 13.8. The van der Waals surface area contributed by atoms with Crippen LogP contribution in [0.5, 0.6) is 5.75 Å². The summed E-state index contributed by atoms with van der Waals surface area (Å²) in [7, 11) is 0. The Morgan fingerprint density at radius 3 is 2.96 bits per heavy atom. The summed E-state index contributed by atoms with van der Waals surface area (Å²) in [4.78, 5) is 12.0. The number of rotatable bonds is 6. The van der Waals surface area contributed by atoms with Gasteiger partial charge >= 0.3 is 6.03 Å². The van der Waals surface area contributed by atoms with E-state index in [0.717, 1.165) is 30.9 Å². The minimum Gasteiger partial charge on any atom is -0.488 e. The molecular formula is C18H23N3O3. The first kappa shape index (κ1) is 16.4. The van der Waals surface area contributed by atoms with Crippen molar-refractivity contribution in [3.05, 3.63) is 48.3 Å². The predicted molar refractivity (Wildman–Crippen MR) is 92.5 cm³/mol. The molecule has 2 aromatic rings. The van der Waals surface area contributed by atoms with Crippen LogP contribution in [0.3, 0.4) is 0 Å². The number of carbonyl (C=O) groups excluding carboxylic acids is 1. The number of hydrogen-bond acceptors (Lipinski definition) is 3. The van der Waals surface area contributed by atoms with Gasteiger partial charge in [0, 0.05) is 43.7 Å². The third-order valence-electron chi connectivity index (χ3n) is 3.95. The van der Waals surface area contributed by atoms with E-state index in [1.807, 2.05) is 54.2 Å². The van der Waals surface area contributed by atoms with Crippen LogP contribution < -0.4 is 15.4 Å². The molecule has 24 heavy (non-hydrogen) atoms. The van der Waals surface area contributed by atoms with E-state index in [1.165, 1.54) is 0 Å². The maximum absolute atomic E-state index is 12.0. The molecule has 2 N–H and O–H groups in total. The Labute approximate surface area is 141 Å². The summed E-state index contributed by atoms with van der Waals surface area (Å²) >= 11 is 0. The summed E-state index contributed by atoms with van der Waals surface area (Å²) in [5.74, 6) is 0.788. The van der Waals surface area contributed by atoms with Gasteiger partial charge in [0.05, 0.1) is 13.2 Å². The summed E-state index contributed by atoms with van der Waals surface area (Å²) in [6.45, 7) is 4.66. The van der Waals surface area contributed by atoms with Crippen molar-refractivity contribution >= 4 is 11.7 Å². The van der Waals surface area contributed by atoms with E-state index in [4.69, 9.17) is 9.47 Å². The summed E-state index contributed by atoms with van der Waals surface area (Å²) < 4.78 is 13.3. The van der Waals surface area contributed by atoms with Gasteiger partial charge in [-0.15, -0.1) is 0 Å². The van der Waals surface area contributed by atoms with Crippen LogP contribution in [-0.4, -0.2) is 36.5 Å². The van der Waals surface area contributed by atoms with E-state index >= 15 is 0 Å². The molecule has 6 heteroatoms. The molecule has 1 aromatic carbocycles. The highest BCUT2D eigenvalue weighted by Crippen LogP contribution is 2.25. The standard InChI is InChI=1S/C18H23N3O3/c1-14-4-5-15(12-17(14)24-16-6-11-23-13-16)20-18(22)19-7-10-21-8-2-3-9-21/h2-5,8-9,12,16H,6-7,10-11,13H2,1H3,(H2,19,20,22). The Hall–Kier alpha value is -2.47. The van der Waals surface area contributed by atoms with Crippen LogP contribution in [0.1, 0.15) is 12.0 Å². The van der Waals surface area contributed by atoms with Gasteiger partial charge in [-0.2, -0.15) is 0 Å². The van der Waals surface area contributed by atoms with Gasteiger partial charge in [0.25, 0.3) is 0 Å². The molecule has 1 aliphatic rings. The molecule has 3 rings (SSSR count). The first-order valence-electron chi connectivity index (χ1n) is 8.21. The predicted octanol–water partition coefficient (Wildman–Crippen LogP) is 2.79. The Morgan fingerprint density at radius 1 is 1.38 bits per heavy atom. The van der Waals surface area contributed by atoms with Crippen molar-refractivity contribution in [2.24, 2.45) is 0 Å². The molecule has 0 aliphatic carbocycles. The fourth-order valence-corrected chi connectivity index (χ4v) is 2.58. The fraction of sp³-hybridized carbons (Fsp3) is 0.389. The Balaban J connectivity index is 1.51. The molecule has 128 valence electrons. The molecule has 1 saturated heterocycles. The average molecular weight is 329 g/mol. The number of benzene rings is 1. The maximum Gasteiger partial charge on any atom is 0.319 e. The smallest absolute Gasteiger partial charge is 0.319 e. The van der Waals surface area contributed by atoms with Gasteiger partial charge < -0.3 is 24.7 Å². The molecule has 0 radical (unpaired) electrons. The number of nitrogens with zero attached hydrogens (tertiary/aromatic N) is 1. The van der Waals surface area contributed by atoms with E-state index in [1.54, 1.807) is 0 Å². The Morgan fingerprint density at radius 2 is 2.21 bits per heavy atom. The van der Waals surface area contributed by atoms with Gasteiger partial charge in [0.15, 0.2) is 0 Å². The van der Waals surface area contributed by atoms with Crippen molar-refractivity contribution in [1.29, 1.82) is 0 Å². The molecule has 1 unspecified atom stereocenters. The third-order valence-corrected chi connectivity index (χ3v) is 3.95. The van der Waals surface area contributed by atoms with Crippen molar-refractivity contribution in [2.45, 2.75) is 26.0 Å². The number of carbonyl (C=O) groups is 1. The number of aromatic nitrogens is 1. The van der Waals surface area contributed by atoms with E-state index in [-0.39, 0.29) is 12.1 Å². The molecule has 0 saturated carbocycles. The zero-order chi connectivity index (χ0) is 16.8. The van der Waals surface area contributed by atoms with Crippen molar-refractivity contribution < 1.29 is 14.3 Å². The lowest BCUT2D eigenvalue weighted by Crippen LogP contribution is -2.31. The summed E-state index contributed by atoms with van der Waals surface area (Å²) in [5.41, 5.74) is 1.76. The molecule has 2 heterocycles. The van der Waals surface area contributed by atoms with E-state index in [2.05, 4.69) is 10.6 Å². The number of anilines is 1. The van der Waals surface area contributed by atoms with E-state index in [9.17, 15) is 4.79 Å². The van der Waals surface area contributed by atoms with Gasteiger partial charge in [-0.3, -0.25) is 0 Å². The van der Waals surface area contributed by atoms with Crippen molar-refractivity contribution in [1.82, 2.24) is 9.88 Å². The van der Waals surface area contributed by atoms with Crippen molar-refractivity contribution in [2.75, 3.05) is 25.1 Å².